The van der Waals surface area contributed by atoms with Crippen molar-refractivity contribution in [3.8, 4) is 11.3 Å². The van der Waals surface area contributed by atoms with Gasteiger partial charge in [0, 0.05) is 37.6 Å². The summed E-state index contributed by atoms with van der Waals surface area (Å²) in [5, 5.41) is 9.08. The first-order chi connectivity index (χ1) is 15.5. The van der Waals surface area contributed by atoms with E-state index in [9.17, 15) is 0 Å². The summed E-state index contributed by atoms with van der Waals surface area (Å²) < 4.78 is 3.91. The molecule has 6 rings (SSSR count). The van der Waals surface area contributed by atoms with Crippen molar-refractivity contribution in [2.24, 2.45) is 18.2 Å². The number of pyridine rings is 1. The van der Waals surface area contributed by atoms with Crippen LogP contribution in [0.1, 0.15) is 41.5 Å². The van der Waals surface area contributed by atoms with E-state index in [2.05, 4.69) is 46.1 Å². The Kier molecular flexibility index (Phi) is 4.17. The van der Waals surface area contributed by atoms with Crippen LogP contribution >= 0.6 is 0 Å². The normalized spacial score (nSPS) is 19.8. The van der Waals surface area contributed by atoms with Crippen molar-refractivity contribution in [3.63, 3.8) is 0 Å². The molecule has 32 heavy (non-hydrogen) atoms. The number of nitrogens with two attached hydrogens (primary N) is 1. The van der Waals surface area contributed by atoms with Crippen molar-refractivity contribution >= 4 is 11.3 Å². The molecular weight excluding hydrogens is 400 g/mol. The molecule has 0 bridgehead atoms. The van der Waals surface area contributed by atoms with Crippen LogP contribution in [0.4, 0.5) is 5.82 Å². The Balaban J connectivity index is 1.34. The van der Waals surface area contributed by atoms with Crippen LogP contribution in [-0.4, -0.2) is 42.5 Å². The van der Waals surface area contributed by atoms with Gasteiger partial charge in [0.25, 0.3) is 0 Å². The van der Waals surface area contributed by atoms with Gasteiger partial charge in [-0.1, -0.05) is 6.07 Å². The van der Waals surface area contributed by atoms with Gasteiger partial charge < -0.3 is 10.6 Å². The third-order valence-electron chi connectivity index (χ3n) is 7.67. The van der Waals surface area contributed by atoms with Crippen LogP contribution in [0.2, 0.25) is 0 Å². The zero-order valence-electron chi connectivity index (χ0n) is 18.8. The smallest absolute Gasteiger partial charge is 0.155 e. The second-order valence-corrected chi connectivity index (χ2v) is 9.32. The molecule has 0 radical (unpaired) electrons. The van der Waals surface area contributed by atoms with Crippen molar-refractivity contribution < 1.29 is 0 Å². The fraction of sp³-hybridized carbons (Fsp3) is 0.417. The van der Waals surface area contributed by atoms with Crippen LogP contribution in [0.15, 0.2) is 36.8 Å². The van der Waals surface area contributed by atoms with Crippen LogP contribution in [-0.2, 0) is 13.5 Å². The Bertz CT molecular complexity index is 1330. The predicted octanol–water partition coefficient (Wildman–Crippen LogP) is 2.98. The molecule has 0 saturated carbocycles. The molecule has 4 aromatic heterocycles. The summed E-state index contributed by atoms with van der Waals surface area (Å²) in [5.41, 5.74) is 14.4. The van der Waals surface area contributed by atoms with E-state index in [0.29, 0.717) is 0 Å². The number of nitrogens with zero attached hydrogens (tertiary/aromatic N) is 7. The first-order valence-electron chi connectivity index (χ1n) is 11.3. The van der Waals surface area contributed by atoms with Gasteiger partial charge in [0.1, 0.15) is 5.52 Å². The molecule has 0 aromatic carbocycles. The lowest BCUT2D eigenvalue weighted by atomic mass is 9.73. The average Bonchev–Trinajstić information content (AvgIpc) is 3.48. The number of rotatable bonds is 2. The first-order valence-corrected chi connectivity index (χ1v) is 11.3. The summed E-state index contributed by atoms with van der Waals surface area (Å²) >= 11 is 0. The van der Waals surface area contributed by atoms with Crippen molar-refractivity contribution in [1.82, 2.24) is 29.4 Å². The Morgan fingerprint density at radius 3 is 2.62 bits per heavy atom. The third-order valence-corrected chi connectivity index (χ3v) is 7.67. The lowest BCUT2D eigenvalue weighted by Gasteiger charge is -2.42. The van der Waals surface area contributed by atoms with Crippen molar-refractivity contribution in [2.75, 3.05) is 18.0 Å². The molecule has 2 aliphatic rings. The quantitative estimate of drug-likeness (QED) is 0.528. The van der Waals surface area contributed by atoms with Crippen molar-refractivity contribution in [3.05, 3.63) is 59.4 Å². The summed E-state index contributed by atoms with van der Waals surface area (Å²) in [7, 11) is 1.96. The maximum atomic E-state index is 6.72. The Hall–Kier alpha value is -3.26. The van der Waals surface area contributed by atoms with Gasteiger partial charge in [0.2, 0.25) is 0 Å². The van der Waals surface area contributed by atoms with Gasteiger partial charge in [0.05, 0.1) is 35.5 Å². The van der Waals surface area contributed by atoms with E-state index in [4.69, 9.17) is 10.7 Å². The van der Waals surface area contributed by atoms with Crippen LogP contribution in [0, 0.1) is 19.3 Å². The van der Waals surface area contributed by atoms with Gasteiger partial charge in [-0.3, -0.25) is 9.67 Å². The maximum Gasteiger partial charge on any atom is 0.155 e. The third kappa shape index (κ3) is 2.65. The minimum Gasteiger partial charge on any atom is -0.355 e. The highest BCUT2D eigenvalue weighted by Crippen LogP contribution is 2.50. The molecule has 5 heterocycles. The molecule has 8 heteroatoms. The fourth-order valence-electron chi connectivity index (χ4n) is 5.66. The van der Waals surface area contributed by atoms with Gasteiger partial charge in [-0.25, -0.2) is 9.50 Å². The maximum absolute atomic E-state index is 6.72. The molecule has 1 aliphatic carbocycles. The molecule has 1 fully saturated rings. The van der Waals surface area contributed by atoms with Gasteiger partial charge in [0.15, 0.2) is 5.82 Å². The first kappa shape index (κ1) is 19.4. The number of hydrogen-bond acceptors (Lipinski definition) is 6. The van der Waals surface area contributed by atoms with Gasteiger partial charge in [-0.15, -0.1) is 0 Å². The number of hydrogen-bond donors (Lipinski definition) is 1. The summed E-state index contributed by atoms with van der Waals surface area (Å²) in [5.74, 6) is 1.00. The molecule has 4 aromatic rings. The predicted molar refractivity (Wildman–Crippen MR) is 123 cm³/mol. The molecule has 1 atom stereocenters. The van der Waals surface area contributed by atoms with Crippen LogP contribution in [0.25, 0.3) is 16.8 Å². The molecule has 1 aliphatic heterocycles. The topological polar surface area (TPSA) is 90.2 Å². The Labute approximate surface area is 187 Å². The summed E-state index contributed by atoms with van der Waals surface area (Å²) in [6.45, 7) is 6.00. The van der Waals surface area contributed by atoms with Crippen LogP contribution in [0.5, 0.6) is 0 Å². The highest BCUT2D eigenvalue weighted by atomic mass is 15.3. The summed E-state index contributed by atoms with van der Waals surface area (Å²) in [4.78, 5) is 12.1. The van der Waals surface area contributed by atoms with Crippen LogP contribution in [0.3, 0.4) is 0 Å². The lowest BCUT2D eigenvalue weighted by molar-refractivity contribution is 0.186. The van der Waals surface area contributed by atoms with Crippen molar-refractivity contribution in [2.45, 2.75) is 39.2 Å². The van der Waals surface area contributed by atoms with E-state index in [1.807, 2.05) is 40.9 Å². The zero-order valence-corrected chi connectivity index (χ0v) is 18.8. The number of fused-ring (bicyclic) bond motifs is 2. The van der Waals surface area contributed by atoms with E-state index in [1.165, 1.54) is 5.56 Å². The Morgan fingerprint density at radius 1 is 1.09 bits per heavy atom. The molecule has 164 valence electrons. The average molecular weight is 429 g/mol. The zero-order chi connectivity index (χ0) is 22.0. The van der Waals surface area contributed by atoms with Gasteiger partial charge in [-0.2, -0.15) is 10.2 Å². The monoisotopic (exact) mass is 428 g/mol. The van der Waals surface area contributed by atoms with Crippen molar-refractivity contribution in [1.29, 1.82) is 0 Å². The highest BCUT2D eigenvalue weighted by Gasteiger charge is 2.47. The van der Waals surface area contributed by atoms with E-state index >= 15 is 0 Å². The highest BCUT2D eigenvalue weighted by molar-refractivity contribution is 5.76. The molecule has 0 amide bonds. The molecular formula is C24H28N8. The molecule has 8 nitrogen and oxygen atoms in total. The SMILES string of the molecule is Cc1nc(N2CCC3(CC2)Cc2cccnc2[C@H]3N)c2ccnn2c1-c1cnn(C)c1C. The van der Waals surface area contributed by atoms with E-state index in [-0.39, 0.29) is 11.5 Å². The number of aryl methyl sites for hydroxylation is 2. The fourth-order valence-corrected chi connectivity index (χ4v) is 5.66. The number of piperidine rings is 1. The molecule has 1 saturated heterocycles. The molecule has 2 N–H and O–H groups in total. The Morgan fingerprint density at radius 2 is 1.91 bits per heavy atom. The molecule has 0 unspecified atom stereocenters. The van der Waals surface area contributed by atoms with Gasteiger partial charge >= 0.3 is 0 Å². The van der Waals surface area contributed by atoms with E-state index in [0.717, 1.165) is 72.0 Å². The standard InChI is InChI=1S/C24H28N8/c1-15-21(18-14-28-30(3)16(18)2)32-19(6-10-27-32)23(29-15)31-11-7-24(8-12-31)13-17-5-4-9-26-20(17)22(24)25/h4-6,9-10,14,22H,7-8,11-13,25H2,1-3H3/t22-/m1/s1. The van der Waals surface area contributed by atoms with E-state index in [1.54, 1.807) is 0 Å². The summed E-state index contributed by atoms with van der Waals surface area (Å²) in [6.07, 6.45) is 8.72. The van der Waals surface area contributed by atoms with Crippen LogP contribution < -0.4 is 10.6 Å². The number of anilines is 1. The number of aromatic nitrogens is 6. The second-order valence-electron chi connectivity index (χ2n) is 9.32. The minimum atomic E-state index is 0.0152. The largest absolute Gasteiger partial charge is 0.355 e. The molecule has 1 spiro atoms. The lowest BCUT2D eigenvalue weighted by Crippen LogP contribution is -2.45. The van der Waals surface area contributed by atoms with Gasteiger partial charge in [-0.05, 0) is 56.2 Å². The second kappa shape index (κ2) is 6.87. The minimum absolute atomic E-state index is 0.0152. The van der Waals surface area contributed by atoms with E-state index < -0.39 is 0 Å². The summed E-state index contributed by atoms with van der Waals surface area (Å²) in [6, 6.07) is 6.28.